The summed E-state index contributed by atoms with van der Waals surface area (Å²) >= 11 is 1.06. The highest BCUT2D eigenvalue weighted by Gasteiger charge is 2.20. The third-order valence-electron chi connectivity index (χ3n) is 2.12. The van der Waals surface area contributed by atoms with Gasteiger partial charge in [0.2, 0.25) is 0 Å². The van der Waals surface area contributed by atoms with Crippen LogP contribution in [0.1, 0.15) is 32.7 Å². The number of hydrogen-bond acceptors (Lipinski definition) is 5. The lowest BCUT2D eigenvalue weighted by molar-refractivity contribution is 0.0606. The fourth-order valence-electron chi connectivity index (χ4n) is 1.19. The van der Waals surface area contributed by atoms with Crippen LogP contribution < -0.4 is 0 Å². The first-order chi connectivity index (χ1) is 7.63. The molecule has 0 N–H and O–H groups in total. The zero-order valence-corrected chi connectivity index (χ0v) is 9.84. The molecule has 16 heavy (non-hydrogen) atoms. The lowest BCUT2D eigenvalue weighted by Gasteiger charge is -2.01. The van der Waals surface area contributed by atoms with Crippen molar-refractivity contribution in [3.8, 4) is 6.07 Å². The minimum atomic E-state index is -0.635. The number of nitrogens with zero attached hydrogens (tertiary/aromatic N) is 1. The Morgan fingerprint density at radius 3 is 2.62 bits per heavy atom. The average Bonchev–Trinajstić information content (AvgIpc) is 2.78. The molecule has 0 saturated heterocycles. The minimum absolute atomic E-state index is 0.231. The lowest BCUT2D eigenvalue weighted by Crippen LogP contribution is -2.10. The molecule has 1 unspecified atom stereocenters. The van der Waals surface area contributed by atoms with Crippen molar-refractivity contribution in [1.29, 1.82) is 5.26 Å². The number of methoxy groups -OCH3 is 1. The van der Waals surface area contributed by atoms with Gasteiger partial charge in [0.1, 0.15) is 10.8 Å². The topological polar surface area (TPSA) is 67.2 Å². The van der Waals surface area contributed by atoms with Crippen LogP contribution in [-0.2, 0) is 4.74 Å². The molecule has 5 heteroatoms. The third kappa shape index (κ3) is 2.47. The molecule has 84 valence electrons. The summed E-state index contributed by atoms with van der Waals surface area (Å²) in [6.45, 7) is 1.78. The Balaban J connectivity index is 2.90. The standard InChI is InChI=1S/C11H11NO3S/c1-3-7(6-12)10(13)8-4-5-9(16-8)11(14)15-2/h4-5,7H,3H2,1-2H3. The van der Waals surface area contributed by atoms with Crippen LogP contribution in [0.5, 0.6) is 0 Å². The largest absolute Gasteiger partial charge is 0.465 e. The van der Waals surface area contributed by atoms with E-state index in [4.69, 9.17) is 5.26 Å². The number of thiophene rings is 1. The normalized spacial score (nSPS) is 11.6. The van der Waals surface area contributed by atoms with Crippen molar-refractivity contribution in [1.82, 2.24) is 0 Å². The van der Waals surface area contributed by atoms with E-state index in [1.807, 2.05) is 6.07 Å². The average molecular weight is 237 g/mol. The van der Waals surface area contributed by atoms with Crippen molar-refractivity contribution in [3.63, 3.8) is 0 Å². The van der Waals surface area contributed by atoms with Gasteiger partial charge in [-0.15, -0.1) is 11.3 Å². The molecule has 0 aromatic carbocycles. The lowest BCUT2D eigenvalue weighted by atomic mass is 10.0. The molecule has 0 saturated carbocycles. The molecule has 1 heterocycles. The van der Waals surface area contributed by atoms with Crippen LogP contribution >= 0.6 is 11.3 Å². The fourth-order valence-corrected chi connectivity index (χ4v) is 2.11. The molecule has 0 amide bonds. The number of esters is 1. The number of ether oxygens (including phenoxy) is 1. The molecule has 0 aliphatic rings. The van der Waals surface area contributed by atoms with E-state index in [-0.39, 0.29) is 5.78 Å². The van der Waals surface area contributed by atoms with Gasteiger partial charge in [-0.05, 0) is 18.6 Å². The van der Waals surface area contributed by atoms with Crippen LogP contribution in [0.15, 0.2) is 12.1 Å². The molecule has 0 aliphatic heterocycles. The quantitative estimate of drug-likeness (QED) is 0.595. The zero-order chi connectivity index (χ0) is 12.1. The van der Waals surface area contributed by atoms with Gasteiger partial charge in [-0.3, -0.25) is 4.79 Å². The van der Waals surface area contributed by atoms with Crippen LogP contribution in [0.25, 0.3) is 0 Å². The Labute approximate surface area is 97.5 Å². The summed E-state index contributed by atoms with van der Waals surface area (Å²) in [5.74, 6) is -1.33. The van der Waals surface area contributed by atoms with Gasteiger partial charge in [-0.1, -0.05) is 6.92 Å². The van der Waals surface area contributed by atoms with Gasteiger partial charge < -0.3 is 4.74 Å². The van der Waals surface area contributed by atoms with Crippen molar-refractivity contribution in [2.24, 2.45) is 5.92 Å². The van der Waals surface area contributed by atoms with E-state index < -0.39 is 11.9 Å². The van der Waals surface area contributed by atoms with Gasteiger partial charge in [0.25, 0.3) is 0 Å². The Kier molecular flexibility index (Phi) is 4.20. The molecule has 4 nitrogen and oxygen atoms in total. The van der Waals surface area contributed by atoms with Crippen LogP contribution in [0.3, 0.4) is 0 Å². The van der Waals surface area contributed by atoms with E-state index in [0.717, 1.165) is 11.3 Å². The molecule has 1 atom stereocenters. The molecular weight excluding hydrogens is 226 g/mol. The summed E-state index contributed by atoms with van der Waals surface area (Å²) in [6.07, 6.45) is 0.473. The molecule has 0 spiro atoms. The SMILES string of the molecule is CCC(C#N)C(=O)c1ccc(C(=O)OC)s1. The Morgan fingerprint density at radius 2 is 2.12 bits per heavy atom. The maximum absolute atomic E-state index is 11.8. The second-order valence-electron chi connectivity index (χ2n) is 3.11. The van der Waals surface area contributed by atoms with E-state index in [1.165, 1.54) is 13.2 Å². The Hall–Kier alpha value is -1.67. The molecule has 0 bridgehead atoms. The van der Waals surface area contributed by atoms with Gasteiger partial charge in [0.05, 0.1) is 18.1 Å². The fraction of sp³-hybridized carbons (Fsp3) is 0.364. The Bertz CT molecular complexity index is 444. The monoisotopic (exact) mass is 237 g/mol. The molecule has 1 aromatic heterocycles. The summed E-state index contributed by atoms with van der Waals surface area (Å²) in [4.78, 5) is 23.7. The predicted molar refractivity (Wildman–Crippen MR) is 59.4 cm³/mol. The smallest absolute Gasteiger partial charge is 0.348 e. The van der Waals surface area contributed by atoms with Crippen LogP contribution in [0, 0.1) is 17.2 Å². The molecule has 0 radical (unpaired) electrons. The van der Waals surface area contributed by atoms with Crippen molar-refractivity contribution >= 4 is 23.1 Å². The minimum Gasteiger partial charge on any atom is -0.465 e. The van der Waals surface area contributed by atoms with Gasteiger partial charge in [0.15, 0.2) is 5.78 Å². The molecular formula is C11H11NO3S. The number of hydrogen-bond donors (Lipinski definition) is 0. The van der Waals surface area contributed by atoms with Crippen LogP contribution in [-0.4, -0.2) is 18.9 Å². The number of rotatable bonds is 4. The summed E-state index contributed by atoms with van der Waals surface area (Å²) in [7, 11) is 1.29. The van der Waals surface area contributed by atoms with E-state index in [9.17, 15) is 9.59 Å². The highest BCUT2D eigenvalue weighted by molar-refractivity contribution is 7.15. The maximum atomic E-state index is 11.8. The maximum Gasteiger partial charge on any atom is 0.348 e. The summed E-state index contributed by atoms with van der Waals surface area (Å²) in [5.41, 5.74) is 0. The second kappa shape index (κ2) is 5.42. The third-order valence-corrected chi connectivity index (χ3v) is 3.20. The van der Waals surface area contributed by atoms with Crippen molar-refractivity contribution in [3.05, 3.63) is 21.9 Å². The van der Waals surface area contributed by atoms with Crippen molar-refractivity contribution < 1.29 is 14.3 Å². The number of carbonyl (C=O) groups is 2. The number of nitriles is 1. The van der Waals surface area contributed by atoms with Crippen LogP contribution in [0.4, 0.5) is 0 Å². The van der Waals surface area contributed by atoms with Gasteiger partial charge in [-0.25, -0.2) is 4.79 Å². The molecule has 0 fully saturated rings. The van der Waals surface area contributed by atoms with Gasteiger partial charge in [0, 0.05) is 0 Å². The van der Waals surface area contributed by atoms with Gasteiger partial charge in [-0.2, -0.15) is 5.26 Å². The first-order valence-corrected chi connectivity index (χ1v) is 5.57. The second-order valence-corrected chi connectivity index (χ2v) is 4.19. The highest BCUT2D eigenvalue weighted by Crippen LogP contribution is 2.21. The Morgan fingerprint density at radius 1 is 1.50 bits per heavy atom. The van der Waals surface area contributed by atoms with Gasteiger partial charge >= 0.3 is 5.97 Å². The number of Topliss-reactive ketones (excluding diaryl/α,β-unsaturated/α-hetero) is 1. The summed E-state index contributed by atoms with van der Waals surface area (Å²) in [5, 5.41) is 8.76. The predicted octanol–water partition coefficient (Wildman–Crippen LogP) is 2.27. The zero-order valence-electron chi connectivity index (χ0n) is 9.02. The van der Waals surface area contributed by atoms with E-state index in [0.29, 0.717) is 16.2 Å². The van der Waals surface area contributed by atoms with E-state index in [1.54, 1.807) is 13.0 Å². The van der Waals surface area contributed by atoms with Crippen molar-refractivity contribution in [2.75, 3.05) is 7.11 Å². The first-order valence-electron chi connectivity index (χ1n) is 4.76. The van der Waals surface area contributed by atoms with E-state index in [2.05, 4.69) is 4.74 Å². The molecule has 1 rings (SSSR count). The molecule has 0 aliphatic carbocycles. The number of ketones is 1. The summed E-state index contributed by atoms with van der Waals surface area (Å²) < 4.78 is 4.54. The first kappa shape index (κ1) is 12.4. The van der Waals surface area contributed by atoms with E-state index >= 15 is 0 Å². The highest BCUT2D eigenvalue weighted by atomic mass is 32.1. The molecule has 1 aromatic rings. The van der Waals surface area contributed by atoms with Crippen LogP contribution in [0.2, 0.25) is 0 Å². The summed E-state index contributed by atoms with van der Waals surface area (Å²) in [6, 6.07) is 5.03. The van der Waals surface area contributed by atoms with Crippen molar-refractivity contribution in [2.45, 2.75) is 13.3 Å². The number of carbonyl (C=O) groups excluding carboxylic acids is 2.